The minimum Gasteiger partial charge on any atom is -0.329 e. The lowest BCUT2D eigenvalue weighted by molar-refractivity contribution is 0.102. The van der Waals surface area contributed by atoms with Crippen LogP contribution in [0.2, 0.25) is 0 Å². The summed E-state index contributed by atoms with van der Waals surface area (Å²) in [5.41, 5.74) is 5.50. The first-order valence-electron chi connectivity index (χ1n) is 5.95. The van der Waals surface area contributed by atoms with E-state index in [2.05, 4.69) is 15.6 Å². The molecule has 0 unspecified atom stereocenters. The maximum absolute atomic E-state index is 12.0. The third-order valence-corrected chi connectivity index (χ3v) is 3.54. The highest BCUT2D eigenvalue weighted by atomic mass is 32.2. The fourth-order valence-corrected chi connectivity index (χ4v) is 2.34. The van der Waals surface area contributed by atoms with E-state index in [1.54, 1.807) is 6.07 Å². The Balaban J connectivity index is 2.23. The standard InChI is InChI=1S/C11H14N6O3S/c12-5-6-17-7-9(15-16-17)11(18)14-8-3-1-2-4-10(8)21(13,19)20/h1-4,7H,5-6,12H2,(H,14,18)(H2,13,19,20). The summed E-state index contributed by atoms with van der Waals surface area (Å²) in [6.07, 6.45) is 1.42. The van der Waals surface area contributed by atoms with Crippen molar-refractivity contribution in [3.8, 4) is 0 Å². The van der Waals surface area contributed by atoms with Crippen LogP contribution in [0.1, 0.15) is 10.5 Å². The molecule has 0 aliphatic heterocycles. The Morgan fingerprint density at radius 1 is 1.33 bits per heavy atom. The number of carbonyl (C=O) groups is 1. The molecule has 10 heteroatoms. The largest absolute Gasteiger partial charge is 0.329 e. The summed E-state index contributed by atoms with van der Waals surface area (Å²) in [5, 5.41) is 14.9. The number of rotatable bonds is 5. The van der Waals surface area contributed by atoms with Crippen LogP contribution in [0, 0.1) is 0 Å². The van der Waals surface area contributed by atoms with Crippen molar-refractivity contribution in [2.75, 3.05) is 11.9 Å². The van der Waals surface area contributed by atoms with Crippen LogP contribution in [0.25, 0.3) is 0 Å². The summed E-state index contributed by atoms with van der Waals surface area (Å²) in [7, 11) is -3.94. The summed E-state index contributed by atoms with van der Waals surface area (Å²) in [6.45, 7) is 0.784. The average Bonchev–Trinajstić information content (AvgIpc) is 2.87. The molecule has 0 spiro atoms. The van der Waals surface area contributed by atoms with Gasteiger partial charge in [0.25, 0.3) is 5.91 Å². The summed E-state index contributed by atoms with van der Waals surface area (Å²) in [5.74, 6) is -0.589. The second-order valence-corrected chi connectivity index (χ2v) is 5.68. The molecule has 1 heterocycles. The fourth-order valence-electron chi connectivity index (χ4n) is 1.65. The van der Waals surface area contributed by atoms with Crippen molar-refractivity contribution in [3.63, 3.8) is 0 Å². The number of nitrogens with two attached hydrogens (primary N) is 2. The van der Waals surface area contributed by atoms with Gasteiger partial charge < -0.3 is 11.1 Å². The maximum Gasteiger partial charge on any atom is 0.277 e. The second-order valence-electron chi connectivity index (χ2n) is 4.15. The molecule has 21 heavy (non-hydrogen) atoms. The monoisotopic (exact) mass is 310 g/mol. The highest BCUT2D eigenvalue weighted by Gasteiger charge is 2.17. The molecule has 0 aliphatic carbocycles. The molecule has 2 aromatic rings. The van der Waals surface area contributed by atoms with Crippen LogP contribution < -0.4 is 16.2 Å². The molecular formula is C11H14N6O3S. The summed E-state index contributed by atoms with van der Waals surface area (Å²) < 4.78 is 24.3. The van der Waals surface area contributed by atoms with E-state index in [1.807, 2.05) is 0 Å². The third-order valence-electron chi connectivity index (χ3n) is 2.57. The van der Waals surface area contributed by atoms with E-state index in [0.717, 1.165) is 0 Å². The highest BCUT2D eigenvalue weighted by molar-refractivity contribution is 7.89. The van der Waals surface area contributed by atoms with Gasteiger partial charge in [-0.25, -0.2) is 13.6 Å². The van der Waals surface area contributed by atoms with Crippen molar-refractivity contribution < 1.29 is 13.2 Å². The number of nitrogens with one attached hydrogen (secondary N) is 1. The van der Waals surface area contributed by atoms with Crippen molar-refractivity contribution in [2.45, 2.75) is 11.4 Å². The number of para-hydroxylation sites is 1. The van der Waals surface area contributed by atoms with Crippen LogP contribution in [0.3, 0.4) is 0 Å². The van der Waals surface area contributed by atoms with Gasteiger partial charge in [0.15, 0.2) is 5.69 Å². The zero-order chi connectivity index (χ0) is 15.5. The summed E-state index contributed by atoms with van der Waals surface area (Å²) in [6, 6.07) is 5.82. The topological polar surface area (TPSA) is 146 Å². The Bertz CT molecular complexity index is 755. The van der Waals surface area contributed by atoms with Gasteiger partial charge in [-0.05, 0) is 12.1 Å². The van der Waals surface area contributed by atoms with Gasteiger partial charge in [-0.1, -0.05) is 17.3 Å². The number of primary sulfonamides is 1. The first kappa shape index (κ1) is 15.1. The van der Waals surface area contributed by atoms with Crippen LogP contribution in [-0.2, 0) is 16.6 Å². The number of amides is 1. The second kappa shape index (κ2) is 5.99. The Morgan fingerprint density at radius 2 is 2.05 bits per heavy atom. The first-order valence-corrected chi connectivity index (χ1v) is 7.50. The zero-order valence-corrected chi connectivity index (χ0v) is 11.7. The van der Waals surface area contributed by atoms with Gasteiger partial charge >= 0.3 is 0 Å². The minimum atomic E-state index is -3.94. The molecule has 0 saturated carbocycles. The van der Waals surface area contributed by atoms with Crippen LogP contribution in [0.5, 0.6) is 0 Å². The first-order chi connectivity index (χ1) is 9.91. The molecule has 0 radical (unpaired) electrons. The molecule has 0 fully saturated rings. The van der Waals surface area contributed by atoms with E-state index in [-0.39, 0.29) is 16.3 Å². The maximum atomic E-state index is 12.0. The number of hydrogen-bond donors (Lipinski definition) is 3. The summed E-state index contributed by atoms with van der Waals surface area (Å²) >= 11 is 0. The molecule has 2 rings (SSSR count). The molecule has 0 saturated heterocycles. The van der Waals surface area contributed by atoms with E-state index in [0.29, 0.717) is 13.1 Å². The van der Waals surface area contributed by atoms with E-state index in [4.69, 9.17) is 10.9 Å². The molecule has 9 nitrogen and oxygen atoms in total. The van der Waals surface area contributed by atoms with Crippen molar-refractivity contribution in [1.29, 1.82) is 0 Å². The van der Waals surface area contributed by atoms with Crippen molar-refractivity contribution in [2.24, 2.45) is 10.9 Å². The van der Waals surface area contributed by atoms with Gasteiger partial charge in [-0.2, -0.15) is 0 Å². The van der Waals surface area contributed by atoms with Gasteiger partial charge in [0, 0.05) is 6.54 Å². The molecule has 0 bridgehead atoms. The average molecular weight is 310 g/mol. The fraction of sp³-hybridized carbons (Fsp3) is 0.182. The number of sulfonamides is 1. The lowest BCUT2D eigenvalue weighted by atomic mass is 10.3. The number of nitrogens with zero attached hydrogens (tertiary/aromatic N) is 3. The van der Waals surface area contributed by atoms with Crippen LogP contribution in [-0.4, -0.2) is 35.9 Å². The quantitative estimate of drug-likeness (QED) is 0.654. The predicted octanol–water partition coefficient (Wildman–Crippen LogP) is -0.863. The van der Waals surface area contributed by atoms with E-state index >= 15 is 0 Å². The molecular weight excluding hydrogens is 296 g/mol. The van der Waals surface area contributed by atoms with Gasteiger partial charge in [-0.15, -0.1) is 5.10 Å². The smallest absolute Gasteiger partial charge is 0.277 e. The highest BCUT2D eigenvalue weighted by Crippen LogP contribution is 2.19. The Labute approximate surface area is 121 Å². The van der Waals surface area contributed by atoms with Crippen LogP contribution >= 0.6 is 0 Å². The van der Waals surface area contributed by atoms with Crippen LogP contribution in [0.15, 0.2) is 35.4 Å². The van der Waals surface area contributed by atoms with E-state index in [9.17, 15) is 13.2 Å². The number of anilines is 1. The Kier molecular flexibility index (Phi) is 4.31. The normalized spacial score (nSPS) is 11.3. The number of aromatic nitrogens is 3. The summed E-state index contributed by atoms with van der Waals surface area (Å²) in [4.78, 5) is 11.8. The third kappa shape index (κ3) is 3.62. The van der Waals surface area contributed by atoms with Gasteiger partial charge in [0.2, 0.25) is 10.0 Å². The molecule has 1 aromatic heterocycles. The molecule has 112 valence electrons. The van der Waals surface area contributed by atoms with E-state index in [1.165, 1.54) is 29.1 Å². The molecule has 0 aliphatic rings. The molecule has 5 N–H and O–H groups in total. The number of benzene rings is 1. The molecule has 1 aromatic carbocycles. The van der Waals surface area contributed by atoms with Gasteiger partial charge in [-0.3, -0.25) is 9.48 Å². The van der Waals surface area contributed by atoms with Crippen LogP contribution in [0.4, 0.5) is 5.69 Å². The molecule has 0 atom stereocenters. The zero-order valence-electron chi connectivity index (χ0n) is 10.9. The lowest BCUT2D eigenvalue weighted by Gasteiger charge is -2.07. The van der Waals surface area contributed by atoms with Gasteiger partial charge in [0.1, 0.15) is 4.90 Å². The van der Waals surface area contributed by atoms with Crippen molar-refractivity contribution in [1.82, 2.24) is 15.0 Å². The number of hydrogen-bond acceptors (Lipinski definition) is 6. The van der Waals surface area contributed by atoms with Gasteiger partial charge in [0.05, 0.1) is 18.4 Å². The Hall–Kier alpha value is -2.30. The predicted molar refractivity (Wildman–Crippen MR) is 74.8 cm³/mol. The number of carbonyl (C=O) groups excluding carboxylic acids is 1. The Morgan fingerprint density at radius 3 is 2.71 bits per heavy atom. The van der Waals surface area contributed by atoms with Crippen molar-refractivity contribution >= 4 is 21.6 Å². The lowest BCUT2D eigenvalue weighted by Crippen LogP contribution is -2.18. The van der Waals surface area contributed by atoms with E-state index < -0.39 is 15.9 Å². The minimum absolute atomic E-state index is 0.0488. The van der Waals surface area contributed by atoms with Crippen molar-refractivity contribution in [3.05, 3.63) is 36.2 Å². The molecule has 1 amide bonds. The SMILES string of the molecule is NCCn1cc(C(=O)Nc2ccccc2S(N)(=O)=O)nn1.